The highest BCUT2D eigenvalue weighted by Crippen LogP contribution is 2.22. The van der Waals surface area contributed by atoms with E-state index < -0.39 is 9.84 Å². The van der Waals surface area contributed by atoms with Crippen molar-refractivity contribution in [3.63, 3.8) is 0 Å². The molecule has 6 nitrogen and oxygen atoms in total. The predicted octanol–water partition coefficient (Wildman–Crippen LogP) is 3.50. The minimum Gasteiger partial charge on any atom is -0.318 e. The van der Waals surface area contributed by atoms with Crippen LogP contribution in [0.3, 0.4) is 0 Å². The highest BCUT2D eigenvalue weighted by Gasteiger charge is 2.27. The molecule has 1 aromatic heterocycles. The van der Waals surface area contributed by atoms with Gasteiger partial charge in [-0.15, -0.1) is 0 Å². The fourth-order valence-electron chi connectivity index (χ4n) is 4.20. The summed E-state index contributed by atoms with van der Waals surface area (Å²) in [4.78, 5) is 18.7. The van der Waals surface area contributed by atoms with E-state index in [2.05, 4.69) is 22.0 Å². The number of aromatic nitrogens is 2. The van der Waals surface area contributed by atoms with E-state index >= 15 is 0 Å². The predicted molar refractivity (Wildman–Crippen MR) is 118 cm³/mol. The molecule has 0 bridgehead atoms. The lowest BCUT2D eigenvalue weighted by atomic mass is 9.92. The van der Waals surface area contributed by atoms with Gasteiger partial charge in [0, 0.05) is 32.0 Å². The molecule has 2 aromatic rings. The first kappa shape index (κ1) is 22.7. The Morgan fingerprint density at radius 2 is 1.97 bits per heavy atom. The van der Waals surface area contributed by atoms with Crippen molar-refractivity contribution < 1.29 is 13.2 Å². The van der Waals surface area contributed by atoms with Crippen molar-refractivity contribution in [2.75, 3.05) is 18.8 Å². The zero-order valence-electron chi connectivity index (χ0n) is 18.1. The Bertz CT molecular complexity index is 938. The summed E-state index contributed by atoms with van der Waals surface area (Å²) in [6, 6.07) is 10.2. The van der Waals surface area contributed by atoms with Gasteiger partial charge in [-0.2, -0.15) is 0 Å². The maximum Gasteiger partial charge on any atom is 0.227 e. The highest BCUT2D eigenvalue weighted by molar-refractivity contribution is 7.91. The normalized spacial score (nSPS) is 17.9. The fraction of sp³-hybridized carbons (Fsp3) is 0.565. The number of carbonyl (C=O) groups excluding carboxylic acids is 1. The molecule has 30 heavy (non-hydrogen) atoms. The van der Waals surface area contributed by atoms with E-state index in [0.717, 1.165) is 44.5 Å². The first-order valence-electron chi connectivity index (χ1n) is 11.0. The molecule has 7 heteroatoms. The number of aryl methyl sites for hydroxylation is 1. The van der Waals surface area contributed by atoms with E-state index in [9.17, 15) is 13.2 Å². The number of Topliss-reactive ketones (excluding diaryl/α,β-unsaturated/α-hetero) is 1. The summed E-state index contributed by atoms with van der Waals surface area (Å²) in [5.74, 6) is 0.459. The Morgan fingerprint density at radius 3 is 2.67 bits per heavy atom. The van der Waals surface area contributed by atoms with E-state index in [1.165, 1.54) is 5.56 Å². The number of rotatable bonds is 10. The molecule has 0 saturated carbocycles. The van der Waals surface area contributed by atoms with Crippen LogP contribution in [-0.2, 0) is 34.1 Å². The van der Waals surface area contributed by atoms with E-state index in [1.807, 2.05) is 29.7 Å². The van der Waals surface area contributed by atoms with Crippen LogP contribution in [0, 0.1) is 5.92 Å². The number of imidazole rings is 1. The second-order valence-electron chi connectivity index (χ2n) is 8.07. The average Bonchev–Trinajstić information content (AvgIpc) is 3.17. The Hall–Kier alpha value is -1.99. The lowest BCUT2D eigenvalue weighted by Gasteiger charge is -2.32. The molecule has 2 heterocycles. The van der Waals surface area contributed by atoms with Crippen LogP contribution in [0.25, 0.3) is 0 Å². The smallest absolute Gasteiger partial charge is 0.227 e. The van der Waals surface area contributed by atoms with Gasteiger partial charge in [-0.3, -0.25) is 9.69 Å². The summed E-state index contributed by atoms with van der Waals surface area (Å²) in [7, 11) is -3.39. The number of benzene rings is 1. The largest absolute Gasteiger partial charge is 0.318 e. The molecule has 164 valence electrons. The summed E-state index contributed by atoms with van der Waals surface area (Å²) in [6.07, 6.45) is 5.97. The topological polar surface area (TPSA) is 72.3 Å². The van der Waals surface area contributed by atoms with Crippen molar-refractivity contribution in [1.82, 2.24) is 14.5 Å². The Labute approximate surface area is 180 Å². The van der Waals surface area contributed by atoms with Gasteiger partial charge in [-0.1, -0.05) is 44.2 Å². The summed E-state index contributed by atoms with van der Waals surface area (Å²) in [5.41, 5.74) is 2.16. The van der Waals surface area contributed by atoms with Crippen LogP contribution in [0.2, 0.25) is 0 Å². The monoisotopic (exact) mass is 431 g/mol. The molecule has 1 saturated heterocycles. The number of sulfone groups is 1. The van der Waals surface area contributed by atoms with Gasteiger partial charge in [0.05, 0.1) is 17.6 Å². The van der Waals surface area contributed by atoms with Crippen LogP contribution >= 0.6 is 0 Å². The van der Waals surface area contributed by atoms with E-state index in [0.29, 0.717) is 25.3 Å². The molecule has 0 unspecified atom stereocenters. The molecular weight excluding hydrogens is 398 g/mol. The van der Waals surface area contributed by atoms with Crippen molar-refractivity contribution in [3.8, 4) is 0 Å². The third-order valence-corrected chi connectivity index (χ3v) is 7.59. The molecule has 0 spiro atoms. The van der Waals surface area contributed by atoms with E-state index in [-0.39, 0.29) is 16.8 Å². The summed E-state index contributed by atoms with van der Waals surface area (Å²) in [5, 5.41) is 0.172. The van der Waals surface area contributed by atoms with Gasteiger partial charge in [0.15, 0.2) is 0 Å². The second kappa shape index (κ2) is 10.4. The lowest BCUT2D eigenvalue weighted by molar-refractivity contribution is -0.124. The standard InChI is InChI=1S/C23H33N3O3S/c1-3-22(27)20-13-9-14-25(17-20)18-21-16-24-23(30(28,29)4-2)26(21)15-8-12-19-10-6-5-7-11-19/h5-7,10-11,16,20H,3-4,8-9,12-15,17-18H2,1-2H3/t20-/m0/s1. The molecule has 3 rings (SSSR count). The Kier molecular flexibility index (Phi) is 7.83. The van der Waals surface area contributed by atoms with E-state index in [1.54, 1.807) is 13.1 Å². The van der Waals surface area contributed by atoms with Crippen LogP contribution < -0.4 is 0 Å². The molecule has 1 fully saturated rings. The maximum absolute atomic E-state index is 12.6. The van der Waals surface area contributed by atoms with Crippen molar-refractivity contribution in [2.45, 2.75) is 64.2 Å². The van der Waals surface area contributed by atoms with Crippen LogP contribution in [-0.4, -0.2) is 47.5 Å². The summed E-state index contributed by atoms with van der Waals surface area (Å²) < 4.78 is 27.1. The SMILES string of the molecule is CCC(=O)[C@H]1CCCN(Cc2cnc(S(=O)(=O)CC)n2CCCc2ccccc2)C1. The average molecular weight is 432 g/mol. The number of piperidine rings is 1. The Balaban J connectivity index is 1.75. The van der Waals surface area contributed by atoms with Gasteiger partial charge >= 0.3 is 0 Å². The van der Waals surface area contributed by atoms with Crippen molar-refractivity contribution in [1.29, 1.82) is 0 Å². The second-order valence-corrected chi connectivity index (χ2v) is 10.2. The zero-order chi connectivity index (χ0) is 21.6. The van der Waals surface area contributed by atoms with Gasteiger partial charge in [-0.05, 0) is 37.8 Å². The zero-order valence-corrected chi connectivity index (χ0v) is 18.9. The van der Waals surface area contributed by atoms with Crippen LogP contribution in [0.15, 0.2) is 41.7 Å². The number of ketones is 1. The van der Waals surface area contributed by atoms with Crippen LogP contribution in [0.5, 0.6) is 0 Å². The van der Waals surface area contributed by atoms with Crippen LogP contribution in [0.1, 0.15) is 50.8 Å². The number of hydrogen-bond donors (Lipinski definition) is 0. The van der Waals surface area contributed by atoms with Gasteiger partial charge in [0.25, 0.3) is 0 Å². The fourth-order valence-corrected chi connectivity index (χ4v) is 5.22. The Morgan fingerprint density at radius 1 is 1.20 bits per heavy atom. The highest BCUT2D eigenvalue weighted by atomic mass is 32.2. The molecule has 0 amide bonds. The number of hydrogen-bond acceptors (Lipinski definition) is 5. The molecule has 1 aromatic carbocycles. The molecular formula is C23H33N3O3S. The molecule has 0 N–H and O–H groups in total. The summed E-state index contributed by atoms with van der Waals surface area (Å²) >= 11 is 0. The molecule has 1 atom stereocenters. The van der Waals surface area contributed by atoms with Crippen molar-refractivity contribution in [3.05, 3.63) is 47.8 Å². The van der Waals surface area contributed by atoms with Crippen molar-refractivity contribution in [2.24, 2.45) is 5.92 Å². The van der Waals surface area contributed by atoms with Gasteiger partial charge in [0.2, 0.25) is 15.0 Å². The summed E-state index contributed by atoms with van der Waals surface area (Å²) in [6.45, 7) is 6.50. The molecule has 1 aliphatic rings. The number of likely N-dealkylation sites (tertiary alicyclic amines) is 1. The first-order valence-corrected chi connectivity index (χ1v) is 12.7. The number of carbonyl (C=O) groups is 1. The first-order chi connectivity index (χ1) is 14.4. The molecule has 0 aliphatic carbocycles. The minimum absolute atomic E-state index is 0.0406. The lowest BCUT2D eigenvalue weighted by Crippen LogP contribution is -2.38. The minimum atomic E-state index is -3.39. The van der Waals surface area contributed by atoms with Crippen molar-refractivity contribution >= 4 is 15.6 Å². The van der Waals surface area contributed by atoms with Gasteiger partial charge in [-0.25, -0.2) is 13.4 Å². The molecule has 0 radical (unpaired) electrons. The molecule has 1 aliphatic heterocycles. The maximum atomic E-state index is 12.6. The number of nitrogens with zero attached hydrogens (tertiary/aromatic N) is 3. The quantitative estimate of drug-likeness (QED) is 0.576. The van der Waals surface area contributed by atoms with Gasteiger partial charge in [0.1, 0.15) is 5.78 Å². The van der Waals surface area contributed by atoms with Gasteiger partial charge < -0.3 is 4.57 Å². The third kappa shape index (κ3) is 5.58. The third-order valence-electron chi connectivity index (χ3n) is 5.94. The van der Waals surface area contributed by atoms with Crippen LogP contribution in [0.4, 0.5) is 0 Å². The van der Waals surface area contributed by atoms with E-state index in [4.69, 9.17) is 0 Å².